The third kappa shape index (κ3) is 3.01. The molecule has 1 aliphatic heterocycles. The summed E-state index contributed by atoms with van der Waals surface area (Å²) in [5.74, 6) is 1.85. The van der Waals surface area contributed by atoms with Crippen molar-refractivity contribution in [2.75, 3.05) is 23.4 Å². The molecule has 1 fully saturated rings. The Labute approximate surface area is 153 Å². The molecule has 0 amide bonds. The van der Waals surface area contributed by atoms with E-state index in [1.165, 1.54) is 24.8 Å². The van der Waals surface area contributed by atoms with E-state index in [9.17, 15) is 0 Å². The normalized spacial score (nSPS) is 16.5. The Morgan fingerprint density at radius 3 is 3.04 bits per heavy atom. The van der Waals surface area contributed by atoms with Gasteiger partial charge in [-0.25, -0.2) is 9.97 Å². The lowest BCUT2D eigenvalue weighted by Gasteiger charge is -2.25. The maximum absolute atomic E-state index is 4.77. The summed E-state index contributed by atoms with van der Waals surface area (Å²) in [6, 6.07) is 8.37. The zero-order chi connectivity index (χ0) is 17.3. The minimum Gasteiger partial charge on any atom is -0.351 e. The van der Waals surface area contributed by atoms with Gasteiger partial charge in [0.2, 0.25) is 0 Å². The van der Waals surface area contributed by atoms with E-state index in [0.717, 1.165) is 55.1 Å². The van der Waals surface area contributed by atoms with Gasteiger partial charge >= 0.3 is 0 Å². The Hall–Kier alpha value is -2.60. The molecule has 5 rings (SSSR count). The van der Waals surface area contributed by atoms with Gasteiger partial charge in [-0.3, -0.25) is 0 Å². The number of rotatable bonds is 6. The zero-order valence-electron chi connectivity index (χ0n) is 14.9. The van der Waals surface area contributed by atoms with Gasteiger partial charge in [0.1, 0.15) is 5.65 Å². The van der Waals surface area contributed by atoms with E-state index >= 15 is 0 Å². The molecular weight excluding hydrogens is 324 g/mol. The molecule has 134 valence electrons. The second-order valence-corrected chi connectivity index (χ2v) is 7.37. The molecule has 3 aromatic rings. The van der Waals surface area contributed by atoms with Crippen molar-refractivity contribution in [2.24, 2.45) is 5.92 Å². The Kier molecular flexibility index (Phi) is 3.97. The second-order valence-electron chi connectivity index (χ2n) is 7.37. The molecule has 6 nitrogen and oxygen atoms in total. The summed E-state index contributed by atoms with van der Waals surface area (Å²) in [6.07, 6.45) is 10.3. The van der Waals surface area contributed by atoms with Crippen molar-refractivity contribution in [1.29, 1.82) is 0 Å². The van der Waals surface area contributed by atoms with Crippen LogP contribution in [0.3, 0.4) is 0 Å². The van der Waals surface area contributed by atoms with Crippen molar-refractivity contribution in [3.05, 3.63) is 54.1 Å². The summed E-state index contributed by atoms with van der Waals surface area (Å²) in [4.78, 5) is 11.4. The minimum absolute atomic E-state index is 0.774. The van der Waals surface area contributed by atoms with Gasteiger partial charge < -0.3 is 19.9 Å². The van der Waals surface area contributed by atoms with Crippen molar-refractivity contribution in [2.45, 2.75) is 32.4 Å². The van der Waals surface area contributed by atoms with Crippen LogP contribution in [0.1, 0.15) is 30.5 Å². The van der Waals surface area contributed by atoms with Crippen LogP contribution in [0.25, 0.3) is 5.65 Å². The number of pyridine rings is 2. The van der Waals surface area contributed by atoms with Crippen LogP contribution in [0.2, 0.25) is 0 Å². The van der Waals surface area contributed by atoms with E-state index in [1.54, 1.807) is 0 Å². The summed E-state index contributed by atoms with van der Waals surface area (Å²) in [5.41, 5.74) is 4.52. The maximum Gasteiger partial charge on any atom is 0.151 e. The van der Waals surface area contributed by atoms with E-state index in [4.69, 9.17) is 4.98 Å². The molecule has 26 heavy (non-hydrogen) atoms. The van der Waals surface area contributed by atoms with Gasteiger partial charge in [0, 0.05) is 25.1 Å². The lowest BCUT2D eigenvalue weighted by molar-refractivity contribution is 0.301. The monoisotopic (exact) mass is 348 g/mol. The van der Waals surface area contributed by atoms with Crippen LogP contribution >= 0.6 is 0 Å². The first-order valence-corrected chi connectivity index (χ1v) is 9.46. The molecule has 0 atom stereocenters. The average molecular weight is 348 g/mol. The third-order valence-corrected chi connectivity index (χ3v) is 5.47. The Balaban J connectivity index is 1.27. The number of fused-ring (bicyclic) bond motifs is 2. The quantitative estimate of drug-likeness (QED) is 0.717. The minimum atomic E-state index is 0.774. The van der Waals surface area contributed by atoms with E-state index in [0.29, 0.717) is 0 Å². The van der Waals surface area contributed by atoms with Gasteiger partial charge in [0.15, 0.2) is 5.82 Å². The predicted octanol–water partition coefficient (Wildman–Crippen LogP) is 3.01. The molecule has 0 spiro atoms. The molecule has 3 aromatic heterocycles. The van der Waals surface area contributed by atoms with Gasteiger partial charge in [0.25, 0.3) is 0 Å². The summed E-state index contributed by atoms with van der Waals surface area (Å²) in [7, 11) is 0. The lowest BCUT2D eigenvalue weighted by atomic mass is 9.85. The molecule has 0 bridgehead atoms. The summed E-state index contributed by atoms with van der Waals surface area (Å²) in [5, 5.41) is 6.91. The first-order chi connectivity index (χ1) is 12.8. The van der Waals surface area contributed by atoms with Crippen molar-refractivity contribution < 1.29 is 0 Å². The third-order valence-electron chi connectivity index (χ3n) is 5.47. The van der Waals surface area contributed by atoms with Crippen LogP contribution in [-0.4, -0.2) is 27.6 Å². The lowest BCUT2D eigenvalue weighted by Crippen LogP contribution is -2.26. The van der Waals surface area contributed by atoms with Crippen LogP contribution in [0.15, 0.2) is 42.9 Å². The highest BCUT2D eigenvalue weighted by Gasteiger charge is 2.20. The number of nitrogens with one attached hydrogen (secondary N) is 2. The average Bonchev–Trinajstić information content (AvgIpc) is 3.21. The van der Waals surface area contributed by atoms with Crippen LogP contribution in [0, 0.1) is 5.92 Å². The van der Waals surface area contributed by atoms with Gasteiger partial charge in [-0.2, -0.15) is 0 Å². The summed E-state index contributed by atoms with van der Waals surface area (Å²) >= 11 is 0. The molecule has 1 saturated carbocycles. The van der Waals surface area contributed by atoms with Gasteiger partial charge in [0.05, 0.1) is 24.6 Å². The highest BCUT2D eigenvalue weighted by Crippen LogP contribution is 2.29. The molecule has 6 heteroatoms. The topological polar surface area (TPSA) is 57.5 Å². The van der Waals surface area contributed by atoms with Gasteiger partial charge in [-0.05, 0) is 49.1 Å². The summed E-state index contributed by atoms with van der Waals surface area (Å²) < 4.78 is 2.14. The number of hydrogen-bond acceptors (Lipinski definition) is 5. The number of anilines is 2. The van der Waals surface area contributed by atoms with E-state index in [1.807, 2.05) is 12.3 Å². The van der Waals surface area contributed by atoms with Crippen LogP contribution < -0.4 is 15.5 Å². The number of hydrogen-bond donors (Lipinski definition) is 2. The molecule has 0 radical (unpaired) electrons. The first-order valence-electron chi connectivity index (χ1n) is 9.46. The number of aromatic nitrogens is 3. The fourth-order valence-corrected chi connectivity index (χ4v) is 3.77. The van der Waals surface area contributed by atoms with Gasteiger partial charge in [-0.15, -0.1) is 0 Å². The largest absolute Gasteiger partial charge is 0.351 e. The fraction of sp³-hybridized carbons (Fsp3) is 0.400. The highest BCUT2D eigenvalue weighted by molar-refractivity contribution is 5.70. The highest BCUT2D eigenvalue weighted by atomic mass is 15.3. The molecule has 0 saturated heterocycles. The first kappa shape index (κ1) is 15.6. The van der Waals surface area contributed by atoms with Crippen LogP contribution in [0.4, 0.5) is 11.5 Å². The van der Waals surface area contributed by atoms with Crippen LogP contribution in [0.5, 0.6) is 0 Å². The molecule has 0 aromatic carbocycles. The second kappa shape index (κ2) is 6.61. The van der Waals surface area contributed by atoms with E-state index in [-0.39, 0.29) is 0 Å². The molecule has 0 unspecified atom stereocenters. The Bertz CT molecular complexity index is 914. The molecule has 4 heterocycles. The van der Waals surface area contributed by atoms with Crippen molar-refractivity contribution in [3.8, 4) is 0 Å². The number of nitrogens with zero attached hydrogens (tertiary/aromatic N) is 4. The Morgan fingerprint density at radius 2 is 2.15 bits per heavy atom. The SMILES string of the molecule is c1cnc2c(c1)N(Cc1cn3cc(CNCC4CCC4)ccc3n1)CN2. The van der Waals surface area contributed by atoms with Crippen molar-refractivity contribution in [1.82, 2.24) is 19.7 Å². The smallest absolute Gasteiger partial charge is 0.151 e. The molecule has 2 aliphatic rings. The van der Waals surface area contributed by atoms with E-state index in [2.05, 4.69) is 55.5 Å². The van der Waals surface area contributed by atoms with Crippen molar-refractivity contribution in [3.63, 3.8) is 0 Å². The zero-order valence-corrected chi connectivity index (χ0v) is 14.9. The van der Waals surface area contributed by atoms with Crippen molar-refractivity contribution >= 4 is 17.2 Å². The number of imidazole rings is 1. The maximum atomic E-state index is 4.77. The molecule has 1 aliphatic carbocycles. The Morgan fingerprint density at radius 1 is 1.19 bits per heavy atom. The molecular formula is C20H24N6. The predicted molar refractivity (Wildman–Crippen MR) is 103 cm³/mol. The van der Waals surface area contributed by atoms with E-state index < -0.39 is 0 Å². The van der Waals surface area contributed by atoms with Gasteiger partial charge in [-0.1, -0.05) is 12.5 Å². The molecule has 2 N–H and O–H groups in total. The summed E-state index contributed by atoms with van der Waals surface area (Å²) in [6.45, 7) is 3.62. The fourth-order valence-electron chi connectivity index (χ4n) is 3.77. The van der Waals surface area contributed by atoms with Crippen LogP contribution in [-0.2, 0) is 13.1 Å². The standard InChI is InChI=1S/C20H24N6/c1-3-15(4-1)9-21-10-16-6-7-19-24-17(12-25(19)11-16)13-26-14-23-20-18(26)5-2-8-22-20/h2,5-8,11-12,15,21H,1,3-4,9-10,13-14H2,(H,22,23).